The summed E-state index contributed by atoms with van der Waals surface area (Å²) >= 11 is 5.74. The summed E-state index contributed by atoms with van der Waals surface area (Å²) in [4.78, 5) is 10.6. The van der Waals surface area contributed by atoms with E-state index in [1.165, 1.54) is 13.3 Å². The molecule has 0 aliphatic carbocycles. The highest BCUT2D eigenvalue weighted by molar-refractivity contribution is 6.30. The van der Waals surface area contributed by atoms with Crippen LogP contribution in [0.25, 0.3) is 0 Å². The Morgan fingerprint density at radius 2 is 2.43 bits per heavy atom. The van der Waals surface area contributed by atoms with Gasteiger partial charge in [-0.3, -0.25) is 0 Å². The van der Waals surface area contributed by atoms with Crippen molar-refractivity contribution in [2.75, 3.05) is 7.11 Å². The number of benzene rings is 1. The number of hydrazone groups is 1. The molecule has 1 aromatic carbocycles. The summed E-state index contributed by atoms with van der Waals surface area (Å²) in [6.07, 6.45) is 0.867. The molecule has 0 saturated carbocycles. The van der Waals surface area contributed by atoms with E-state index in [1.54, 1.807) is 18.2 Å². The van der Waals surface area contributed by atoms with Crippen LogP contribution in [0.4, 0.5) is 4.79 Å². The number of amides is 1. The summed E-state index contributed by atoms with van der Waals surface area (Å²) < 4.78 is 4.32. The molecule has 5 heteroatoms. The summed E-state index contributed by atoms with van der Waals surface area (Å²) in [6.45, 7) is 0. The van der Waals surface area contributed by atoms with E-state index < -0.39 is 6.09 Å². The van der Waals surface area contributed by atoms with E-state index in [2.05, 4.69) is 15.3 Å². The molecule has 1 N–H and O–H groups in total. The predicted molar refractivity (Wildman–Crippen MR) is 54.6 cm³/mol. The summed E-state index contributed by atoms with van der Waals surface area (Å²) in [7, 11) is 1.27. The minimum Gasteiger partial charge on any atom is -0.452 e. The Morgan fingerprint density at radius 1 is 1.64 bits per heavy atom. The van der Waals surface area contributed by atoms with Gasteiger partial charge in [0.15, 0.2) is 0 Å². The van der Waals surface area contributed by atoms with Gasteiger partial charge >= 0.3 is 6.09 Å². The Bertz CT molecular complexity index is 352. The summed E-state index contributed by atoms with van der Waals surface area (Å²) in [5.41, 5.74) is 2.97. The molecule has 0 spiro atoms. The monoisotopic (exact) mass is 212 g/mol. The standard InChI is InChI=1S/C9H9ClN2O2/c1-14-9(13)12-11-6-7-3-2-4-8(10)5-7/h2-6H,1H3,(H,12,13)/b11-6-. The number of ether oxygens (including phenoxy) is 1. The largest absolute Gasteiger partial charge is 0.452 e. The van der Waals surface area contributed by atoms with E-state index in [-0.39, 0.29) is 0 Å². The molecule has 0 radical (unpaired) electrons. The predicted octanol–water partition coefficient (Wildman–Crippen LogP) is 2.03. The lowest BCUT2D eigenvalue weighted by Crippen LogP contribution is -2.16. The van der Waals surface area contributed by atoms with Crippen molar-refractivity contribution in [3.63, 3.8) is 0 Å². The lowest BCUT2D eigenvalue weighted by atomic mass is 10.2. The molecule has 0 saturated heterocycles. The zero-order valence-electron chi connectivity index (χ0n) is 7.53. The third-order valence-electron chi connectivity index (χ3n) is 1.40. The van der Waals surface area contributed by atoms with Crippen molar-refractivity contribution >= 4 is 23.9 Å². The van der Waals surface area contributed by atoms with Crippen molar-refractivity contribution < 1.29 is 9.53 Å². The summed E-state index contributed by atoms with van der Waals surface area (Å²) in [5.74, 6) is 0. The third-order valence-corrected chi connectivity index (χ3v) is 1.64. The van der Waals surface area contributed by atoms with Gasteiger partial charge in [-0.15, -0.1) is 0 Å². The number of nitrogens with zero attached hydrogens (tertiary/aromatic N) is 1. The fraction of sp³-hybridized carbons (Fsp3) is 0.111. The lowest BCUT2D eigenvalue weighted by molar-refractivity contribution is 0.171. The molecule has 14 heavy (non-hydrogen) atoms. The smallest absolute Gasteiger partial charge is 0.427 e. The highest BCUT2D eigenvalue weighted by Crippen LogP contribution is 2.08. The van der Waals surface area contributed by atoms with Crippen molar-refractivity contribution in [3.05, 3.63) is 34.9 Å². The van der Waals surface area contributed by atoms with Crippen molar-refractivity contribution in [3.8, 4) is 0 Å². The van der Waals surface area contributed by atoms with Crippen LogP contribution in [0.1, 0.15) is 5.56 Å². The lowest BCUT2D eigenvalue weighted by Gasteiger charge is -1.96. The van der Waals surface area contributed by atoms with Crippen molar-refractivity contribution in [1.82, 2.24) is 5.43 Å². The second-order valence-corrected chi connectivity index (χ2v) is 2.85. The molecule has 4 nitrogen and oxygen atoms in total. The Labute approximate surface area is 86.5 Å². The SMILES string of the molecule is COC(=O)N/N=C\c1cccc(Cl)c1. The molecule has 0 aliphatic rings. The van der Waals surface area contributed by atoms with Gasteiger partial charge in [0.2, 0.25) is 0 Å². The molecule has 0 aromatic heterocycles. The van der Waals surface area contributed by atoms with E-state index in [9.17, 15) is 4.79 Å². The highest BCUT2D eigenvalue weighted by Gasteiger charge is 1.93. The van der Waals surface area contributed by atoms with Gasteiger partial charge < -0.3 is 4.74 Å². The zero-order chi connectivity index (χ0) is 10.4. The van der Waals surface area contributed by atoms with Crippen molar-refractivity contribution in [2.45, 2.75) is 0 Å². The minimum atomic E-state index is -0.608. The number of carbonyl (C=O) groups is 1. The van der Waals surface area contributed by atoms with Crippen LogP contribution < -0.4 is 5.43 Å². The fourth-order valence-electron chi connectivity index (χ4n) is 0.792. The third kappa shape index (κ3) is 3.45. The average Bonchev–Trinajstić information content (AvgIpc) is 2.17. The number of halogens is 1. The van der Waals surface area contributed by atoms with Crippen LogP contribution >= 0.6 is 11.6 Å². The summed E-state index contributed by atoms with van der Waals surface area (Å²) in [5, 5.41) is 4.26. The minimum absolute atomic E-state index is 0.608. The molecule has 0 aliphatic heterocycles. The topological polar surface area (TPSA) is 50.7 Å². The van der Waals surface area contributed by atoms with Crippen LogP contribution in [0.2, 0.25) is 5.02 Å². The quantitative estimate of drug-likeness (QED) is 0.603. The van der Waals surface area contributed by atoms with E-state index in [1.807, 2.05) is 6.07 Å². The number of hydrogen-bond acceptors (Lipinski definition) is 3. The van der Waals surface area contributed by atoms with Crippen LogP contribution in [0.5, 0.6) is 0 Å². The maximum Gasteiger partial charge on any atom is 0.427 e. The van der Waals surface area contributed by atoms with Gasteiger partial charge in [0.25, 0.3) is 0 Å². The van der Waals surface area contributed by atoms with E-state index >= 15 is 0 Å². The van der Waals surface area contributed by atoms with Gasteiger partial charge in [0.05, 0.1) is 13.3 Å². The molecule has 0 unspecified atom stereocenters. The molecular weight excluding hydrogens is 204 g/mol. The normalized spacial score (nSPS) is 10.1. The van der Waals surface area contributed by atoms with E-state index in [0.29, 0.717) is 5.02 Å². The van der Waals surface area contributed by atoms with E-state index in [0.717, 1.165) is 5.56 Å². The molecular formula is C9H9ClN2O2. The van der Waals surface area contributed by atoms with Gasteiger partial charge in [-0.25, -0.2) is 10.2 Å². The first-order valence-electron chi connectivity index (χ1n) is 3.85. The molecule has 0 heterocycles. The summed E-state index contributed by atoms with van der Waals surface area (Å²) in [6, 6.07) is 7.09. The molecule has 1 amide bonds. The second kappa shape index (κ2) is 5.24. The van der Waals surface area contributed by atoms with Crippen LogP contribution in [-0.2, 0) is 4.74 Å². The number of nitrogens with one attached hydrogen (secondary N) is 1. The first-order valence-corrected chi connectivity index (χ1v) is 4.23. The van der Waals surface area contributed by atoms with Crippen LogP contribution in [0, 0.1) is 0 Å². The van der Waals surface area contributed by atoms with Crippen molar-refractivity contribution in [2.24, 2.45) is 5.10 Å². The first-order chi connectivity index (χ1) is 6.72. The Balaban J connectivity index is 2.56. The van der Waals surface area contributed by atoms with Gasteiger partial charge in [-0.05, 0) is 17.7 Å². The van der Waals surface area contributed by atoms with Crippen LogP contribution in [-0.4, -0.2) is 19.4 Å². The number of rotatable bonds is 2. The Kier molecular flexibility index (Phi) is 3.94. The Morgan fingerprint density at radius 3 is 3.07 bits per heavy atom. The molecule has 0 bridgehead atoms. The first kappa shape index (κ1) is 10.5. The van der Waals surface area contributed by atoms with Gasteiger partial charge in [-0.2, -0.15) is 5.10 Å². The number of carbonyl (C=O) groups excluding carboxylic acids is 1. The second-order valence-electron chi connectivity index (χ2n) is 2.42. The molecule has 74 valence electrons. The van der Waals surface area contributed by atoms with Gasteiger partial charge in [-0.1, -0.05) is 23.7 Å². The maximum atomic E-state index is 10.6. The van der Waals surface area contributed by atoms with Gasteiger partial charge in [0.1, 0.15) is 0 Å². The van der Waals surface area contributed by atoms with E-state index in [4.69, 9.17) is 11.6 Å². The fourth-order valence-corrected chi connectivity index (χ4v) is 0.991. The molecule has 0 atom stereocenters. The van der Waals surface area contributed by atoms with Crippen LogP contribution in [0.3, 0.4) is 0 Å². The zero-order valence-corrected chi connectivity index (χ0v) is 8.28. The van der Waals surface area contributed by atoms with Crippen LogP contribution in [0.15, 0.2) is 29.4 Å². The molecule has 1 aromatic rings. The maximum absolute atomic E-state index is 10.6. The Hall–Kier alpha value is -1.55. The average molecular weight is 213 g/mol. The highest BCUT2D eigenvalue weighted by atomic mass is 35.5. The molecule has 0 fully saturated rings. The number of hydrogen-bond donors (Lipinski definition) is 1. The molecule has 1 rings (SSSR count). The number of methoxy groups -OCH3 is 1. The van der Waals surface area contributed by atoms with Crippen molar-refractivity contribution in [1.29, 1.82) is 0 Å². The van der Waals surface area contributed by atoms with Gasteiger partial charge in [0, 0.05) is 5.02 Å².